The van der Waals surface area contributed by atoms with Gasteiger partial charge >= 0.3 is 6.18 Å². The van der Waals surface area contributed by atoms with Crippen LogP contribution in [0, 0.1) is 5.92 Å². The predicted molar refractivity (Wildman–Crippen MR) is 63.0 cm³/mol. The molecule has 0 aliphatic carbocycles. The highest BCUT2D eigenvalue weighted by Gasteiger charge is 2.27. The van der Waals surface area contributed by atoms with Gasteiger partial charge in [0, 0.05) is 12.6 Å². The number of hydrogen-bond acceptors (Lipinski definition) is 2. The average Bonchev–Trinajstić information content (AvgIpc) is 2.21. The van der Waals surface area contributed by atoms with Gasteiger partial charge in [0.15, 0.2) is 0 Å². The van der Waals surface area contributed by atoms with Gasteiger partial charge < -0.3 is 10.1 Å². The maximum atomic E-state index is 11.9. The highest BCUT2D eigenvalue weighted by Crippen LogP contribution is 2.16. The van der Waals surface area contributed by atoms with Gasteiger partial charge in [-0.1, -0.05) is 27.2 Å². The van der Waals surface area contributed by atoms with Crippen LogP contribution in [0.1, 0.15) is 40.0 Å². The van der Waals surface area contributed by atoms with Gasteiger partial charge in [-0.05, 0) is 25.3 Å². The molecule has 0 aromatic heterocycles. The zero-order valence-corrected chi connectivity index (χ0v) is 10.9. The molecule has 2 unspecified atom stereocenters. The standard InChI is InChI=1S/C12H24F3NO/c1-4-6-10(3)11(16-5-2)7-8-17-9-12(13,14)15/h10-11,16H,4-9H2,1-3H3. The summed E-state index contributed by atoms with van der Waals surface area (Å²) in [4.78, 5) is 0. The first-order chi connectivity index (χ1) is 7.90. The lowest BCUT2D eigenvalue weighted by Crippen LogP contribution is -2.36. The number of nitrogens with one attached hydrogen (secondary N) is 1. The van der Waals surface area contributed by atoms with E-state index in [1.54, 1.807) is 0 Å². The first kappa shape index (κ1) is 16.7. The first-order valence-electron chi connectivity index (χ1n) is 6.28. The minimum Gasteiger partial charge on any atom is -0.372 e. The van der Waals surface area contributed by atoms with Crippen LogP contribution in [-0.2, 0) is 4.74 Å². The van der Waals surface area contributed by atoms with Gasteiger partial charge in [-0.15, -0.1) is 0 Å². The van der Waals surface area contributed by atoms with Crippen molar-refractivity contribution in [3.63, 3.8) is 0 Å². The molecular formula is C12H24F3NO. The maximum Gasteiger partial charge on any atom is 0.411 e. The number of hydrogen-bond donors (Lipinski definition) is 1. The number of rotatable bonds is 9. The van der Waals surface area contributed by atoms with Crippen molar-refractivity contribution in [2.75, 3.05) is 19.8 Å². The molecule has 0 spiro atoms. The molecule has 0 bridgehead atoms. The molecule has 2 atom stereocenters. The van der Waals surface area contributed by atoms with Crippen LogP contribution >= 0.6 is 0 Å². The molecule has 0 amide bonds. The van der Waals surface area contributed by atoms with E-state index < -0.39 is 12.8 Å². The quantitative estimate of drug-likeness (QED) is 0.638. The summed E-state index contributed by atoms with van der Waals surface area (Å²) < 4.78 is 40.2. The van der Waals surface area contributed by atoms with E-state index in [9.17, 15) is 13.2 Å². The fourth-order valence-corrected chi connectivity index (χ4v) is 1.90. The van der Waals surface area contributed by atoms with Crippen LogP contribution in [0.2, 0.25) is 0 Å². The van der Waals surface area contributed by atoms with Crippen molar-refractivity contribution in [3.8, 4) is 0 Å². The molecule has 5 heteroatoms. The molecule has 2 nitrogen and oxygen atoms in total. The normalized spacial score (nSPS) is 15.9. The molecule has 0 aliphatic rings. The van der Waals surface area contributed by atoms with Crippen LogP contribution in [-0.4, -0.2) is 32.0 Å². The van der Waals surface area contributed by atoms with Gasteiger partial charge in [0.25, 0.3) is 0 Å². The molecular weight excluding hydrogens is 231 g/mol. The Morgan fingerprint density at radius 2 is 1.82 bits per heavy atom. The fraction of sp³-hybridized carbons (Fsp3) is 1.00. The van der Waals surface area contributed by atoms with Crippen LogP contribution in [0.3, 0.4) is 0 Å². The Morgan fingerprint density at radius 3 is 2.29 bits per heavy atom. The number of halogens is 3. The summed E-state index contributed by atoms with van der Waals surface area (Å²) in [6, 6.07) is 0.244. The van der Waals surface area contributed by atoms with Gasteiger partial charge in [-0.3, -0.25) is 0 Å². The van der Waals surface area contributed by atoms with E-state index in [2.05, 4.69) is 23.9 Å². The summed E-state index contributed by atoms with van der Waals surface area (Å²) in [6.07, 6.45) is -1.42. The Bertz CT molecular complexity index is 185. The summed E-state index contributed by atoms with van der Waals surface area (Å²) >= 11 is 0. The third kappa shape index (κ3) is 9.41. The van der Waals surface area contributed by atoms with Crippen molar-refractivity contribution in [2.45, 2.75) is 52.3 Å². The van der Waals surface area contributed by atoms with Gasteiger partial charge in [0.2, 0.25) is 0 Å². The SMILES string of the molecule is CCCC(C)C(CCOCC(F)(F)F)NCC. The molecule has 0 fully saturated rings. The van der Waals surface area contributed by atoms with Gasteiger partial charge in [0.1, 0.15) is 6.61 Å². The van der Waals surface area contributed by atoms with Crippen LogP contribution in [0.4, 0.5) is 13.2 Å². The Balaban J connectivity index is 3.84. The van der Waals surface area contributed by atoms with Crippen LogP contribution in [0.15, 0.2) is 0 Å². The van der Waals surface area contributed by atoms with Crippen molar-refractivity contribution in [3.05, 3.63) is 0 Å². The van der Waals surface area contributed by atoms with E-state index in [1.807, 2.05) is 6.92 Å². The average molecular weight is 255 g/mol. The molecule has 0 saturated carbocycles. The number of alkyl halides is 3. The zero-order valence-electron chi connectivity index (χ0n) is 10.9. The Hall–Kier alpha value is -0.290. The van der Waals surface area contributed by atoms with Crippen LogP contribution < -0.4 is 5.32 Å². The van der Waals surface area contributed by atoms with Crippen molar-refractivity contribution in [2.24, 2.45) is 5.92 Å². The molecule has 104 valence electrons. The Labute approximate surface area is 102 Å². The second-order valence-corrected chi connectivity index (χ2v) is 4.39. The van der Waals surface area contributed by atoms with E-state index in [1.165, 1.54) is 0 Å². The molecule has 0 saturated heterocycles. The molecule has 0 rings (SSSR count). The summed E-state index contributed by atoms with van der Waals surface area (Å²) in [5.74, 6) is 0.467. The highest BCUT2D eigenvalue weighted by atomic mass is 19.4. The van der Waals surface area contributed by atoms with Gasteiger partial charge in [0.05, 0.1) is 0 Å². The topological polar surface area (TPSA) is 21.3 Å². The summed E-state index contributed by atoms with van der Waals surface area (Å²) in [5.41, 5.74) is 0. The minimum absolute atomic E-state index is 0.158. The maximum absolute atomic E-state index is 11.9. The Kier molecular flexibility index (Phi) is 8.60. The van der Waals surface area contributed by atoms with Crippen molar-refractivity contribution in [1.82, 2.24) is 5.32 Å². The second-order valence-electron chi connectivity index (χ2n) is 4.39. The predicted octanol–water partition coefficient (Wildman–Crippen LogP) is 3.37. The van der Waals surface area contributed by atoms with Crippen molar-refractivity contribution >= 4 is 0 Å². The highest BCUT2D eigenvalue weighted by molar-refractivity contribution is 4.72. The smallest absolute Gasteiger partial charge is 0.372 e. The van der Waals surface area contributed by atoms with Crippen molar-refractivity contribution in [1.29, 1.82) is 0 Å². The second kappa shape index (κ2) is 8.75. The minimum atomic E-state index is -4.22. The summed E-state index contributed by atoms with van der Waals surface area (Å²) in [6.45, 7) is 6.08. The molecule has 0 aromatic rings. The van der Waals surface area contributed by atoms with E-state index >= 15 is 0 Å². The lowest BCUT2D eigenvalue weighted by Gasteiger charge is -2.24. The van der Waals surface area contributed by atoms with Crippen LogP contribution in [0.25, 0.3) is 0 Å². The zero-order chi connectivity index (χ0) is 13.3. The molecule has 0 radical (unpaired) electrons. The Morgan fingerprint density at radius 1 is 1.18 bits per heavy atom. The number of ether oxygens (including phenoxy) is 1. The lowest BCUT2D eigenvalue weighted by molar-refractivity contribution is -0.174. The monoisotopic (exact) mass is 255 g/mol. The fourth-order valence-electron chi connectivity index (χ4n) is 1.90. The molecule has 0 aromatic carbocycles. The molecule has 17 heavy (non-hydrogen) atoms. The van der Waals surface area contributed by atoms with Gasteiger partial charge in [-0.25, -0.2) is 0 Å². The largest absolute Gasteiger partial charge is 0.411 e. The van der Waals surface area contributed by atoms with E-state index in [0.717, 1.165) is 19.4 Å². The summed E-state index contributed by atoms with van der Waals surface area (Å²) in [7, 11) is 0. The molecule has 0 aliphatic heterocycles. The van der Waals surface area contributed by atoms with E-state index in [4.69, 9.17) is 0 Å². The molecule has 0 heterocycles. The van der Waals surface area contributed by atoms with E-state index in [0.29, 0.717) is 12.3 Å². The lowest BCUT2D eigenvalue weighted by atomic mass is 9.94. The third-order valence-electron chi connectivity index (χ3n) is 2.74. The van der Waals surface area contributed by atoms with Crippen LogP contribution in [0.5, 0.6) is 0 Å². The first-order valence-corrected chi connectivity index (χ1v) is 6.28. The van der Waals surface area contributed by atoms with Crippen molar-refractivity contribution < 1.29 is 17.9 Å². The van der Waals surface area contributed by atoms with E-state index in [-0.39, 0.29) is 12.6 Å². The molecule has 1 N–H and O–H groups in total. The third-order valence-corrected chi connectivity index (χ3v) is 2.74. The van der Waals surface area contributed by atoms with Gasteiger partial charge in [-0.2, -0.15) is 13.2 Å². The summed E-state index contributed by atoms with van der Waals surface area (Å²) in [5, 5.41) is 3.30.